The third-order valence-electron chi connectivity index (χ3n) is 11.4. The van der Waals surface area contributed by atoms with Crippen LogP contribution in [0.5, 0.6) is 0 Å². The van der Waals surface area contributed by atoms with Crippen LogP contribution in [0.3, 0.4) is 0 Å². The zero-order valence-electron chi connectivity index (χ0n) is 23.9. The lowest BCUT2D eigenvalue weighted by atomic mass is 9.42. The second kappa shape index (κ2) is 10.1. The third-order valence-corrected chi connectivity index (χ3v) is 11.4. The van der Waals surface area contributed by atoms with Crippen LogP contribution >= 0.6 is 0 Å². The molecule has 0 spiro atoms. The maximum absolute atomic E-state index is 14.1. The number of carbonyl (C=O) groups excluding carboxylic acids is 3. The highest BCUT2D eigenvalue weighted by Gasteiger charge is 2.70. The van der Waals surface area contributed by atoms with E-state index in [0.29, 0.717) is 36.0 Å². The van der Waals surface area contributed by atoms with Gasteiger partial charge in [0.25, 0.3) is 0 Å². The van der Waals surface area contributed by atoms with Crippen LogP contribution in [-0.2, 0) is 23.9 Å². The van der Waals surface area contributed by atoms with Crippen molar-refractivity contribution in [3.63, 3.8) is 0 Å². The van der Waals surface area contributed by atoms with Crippen LogP contribution in [0, 0.1) is 46.3 Å². The Bertz CT molecular complexity index is 865. The number of rotatable bonds is 7. The van der Waals surface area contributed by atoms with Gasteiger partial charge in [0.15, 0.2) is 11.4 Å². The summed E-state index contributed by atoms with van der Waals surface area (Å²) < 4.78 is 11.6. The highest BCUT2D eigenvalue weighted by molar-refractivity contribution is 5.92. The summed E-state index contributed by atoms with van der Waals surface area (Å²) >= 11 is 0. The number of hydrogen-bond donors (Lipinski definition) is 0. The van der Waals surface area contributed by atoms with E-state index in [0.717, 1.165) is 37.0 Å². The molecule has 0 amide bonds. The molecule has 9 atom stereocenters. The zero-order chi connectivity index (χ0) is 26.5. The van der Waals surface area contributed by atoms with Gasteiger partial charge in [-0.05, 0) is 79.4 Å². The van der Waals surface area contributed by atoms with Gasteiger partial charge in [0.05, 0.1) is 0 Å². The van der Waals surface area contributed by atoms with Crippen LogP contribution in [0.25, 0.3) is 0 Å². The van der Waals surface area contributed by atoms with Gasteiger partial charge >= 0.3 is 11.9 Å². The minimum absolute atomic E-state index is 0.0657. The Labute approximate surface area is 218 Å². The number of ketones is 1. The van der Waals surface area contributed by atoms with Crippen molar-refractivity contribution in [1.82, 2.24) is 0 Å². The van der Waals surface area contributed by atoms with Gasteiger partial charge in [-0.15, -0.1) is 0 Å². The molecule has 0 aromatic rings. The van der Waals surface area contributed by atoms with Crippen molar-refractivity contribution < 1.29 is 23.9 Å². The average molecular weight is 503 g/mol. The molecule has 0 bridgehead atoms. The van der Waals surface area contributed by atoms with Gasteiger partial charge < -0.3 is 9.47 Å². The van der Waals surface area contributed by atoms with Gasteiger partial charge in [0.2, 0.25) is 0 Å². The molecule has 4 aliphatic carbocycles. The molecule has 36 heavy (non-hydrogen) atoms. The summed E-state index contributed by atoms with van der Waals surface area (Å²) in [7, 11) is 0. The van der Waals surface area contributed by atoms with Gasteiger partial charge in [-0.1, -0.05) is 53.9 Å². The molecule has 4 saturated carbocycles. The van der Waals surface area contributed by atoms with Crippen LogP contribution in [0.15, 0.2) is 0 Å². The number of carbonyl (C=O) groups is 3. The fraction of sp³-hybridized carbons (Fsp3) is 0.903. The molecule has 0 aliphatic heterocycles. The molecule has 0 radical (unpaired) electrons. The van der Waals surface area contributed by atoms with Crippen LogP contribution < -0.4 is 0 Å². The maximum atomic E-state index is 14.1. The Morgan fingerprint density at radius 3 is 2.31 bits per heavy atom. The Kier molecular flexibility index (Phi) is 7.72. The van der Waals surface area contributed by atoms with Crippen molar-refractivity contribution in [3.8, 4) is 0 Å². The fourth-order valence-electron chi connectivity index (χ4n) is 9.80. The summed E-state index contributed by atoms with van der Waals surface area (Å²) in [5.41, 5.74) is -1.28. The summed E-state index contributed by atoms with van der Waals surface area (Å²) in [6, 6.07) is 0. The smallest absolute Gasteiger partial charge is 0.303 e. The molecule has 0 aromatic carbocycles. The summed E-state index contributed by atoms with van der Waals surface area (Å²) in [4.78, 5) is 38.1. The number of hydrogen-bond acceptors (Lipinski definition) is 5. The average Bonchev–Trinajstić information content (AvgIpc) is 3.12. The first-order valence-electron chi connectivity index (χ1n) is 14.7. The Morgan fingerprint density at radius 1 is 0.944 bits per heavy atom. The van der Waals surface area contributed by atoms with Crippen LogP contribution in [-0.4, -0.2) is 29.4 Å². The first-order valence-corrected chi connectivity index (χ1v) is 14.7. The molecule has 0 saturated heterocycles. The van der Waals surface area contributed by atoms with Crippen LogP contribution in [0.2, 0.25) is 0 Å². The number of Topliss-reactive ketones (excluding diaryl/α,β-unsaturated/α-hetero) is 1. The molecule has 4 rings (SSSR count). The first-order chi connectivity index (χ1) is 16.8. The van der Waals surface area contributed by atoms with Gasteiger partial charge in [0.1, 0.15) is 6.10 Å². The van der Waals surface area contributed by atoms with Gasteiger partial charge in [-0.3, -0.25) is 14.4 Å². The van der Waals surface area contributed by atoms with E-state index >= 15 is 0 Å². The first kappa shape index (κ1) is 27.6. The Balaban J connectivity index is 1.59. The van der Waals surface area contributed by atoms with Crippen LogP contribution in [0.1, 0.15) is 119 Å². The molecule has 204 valence electrons. The zero-order valence-corrected chi connectivity index (χ0v) is 23.9. The molecular formula is C31H50O5. The quantitative estimate of drug-likeness (QED) is 0.354. The van der Waals surface area contributed by atoms with Crippen molar-refractivity contribution in [2.24, 2.45) is 46.3 Å². The van der Waals surface area contributed by atoms with Crippen molar-refractivity contribution in [3.05, 3.63) is 0 Å². The van der Waals surface area contributed by atoms with E-state index in [1.54, 1.807) is 0 Å². The predicted molar refractivity (Wildman–Crippen MR) is 140 cm³/mol. The number of esters is 2. The normalized spacial score (nSPS) is 42.8. The van der Waals surface area contributed by atoms with E-state index in [1.807, 2.05) is 0 Å². The molecule has 0 N–H and O–H groups in total. The lowest BCUT2D eigenvalue weighted by molar-refractivity contribution is -0.230. The van der Waals surface area contributed by atoms with E-state index in [-0.39, 0.29) is 17.9 Å². The second-order valence-corrected chi connectivity index (χ2v) is 13.8. The van der Waals surface area contributed by atoms with Crippen molar-refractivity contribution in [2.75, 3.05) is 0 Å². The molecule has 5 nitrogen and oxygen atoms in total. The lowest BCUT2D eigenvalue weighted by Gasteiger charge is -2.63. The summed E-state index contributed by atoms with van der Waals surface area (Å²) in [5.74, 6) is 2.84. The Morgan fingerprint density at radius 2 is 1.67 bits per heavy atom. The fourth-order valence-corrected chi connectivity index (χ4v) is 9.80. The van der Waals surface area contributed by atoms with Crippen molar-refractivity contribution in [2.45, 2.75) is 131 Å². The van der Waals surface area contributed by atoms with E-state index in [9.17, 15) is 14.4 Å². The summed E-state index contributed by atoms with van der Waals surface area (Å²) in [5, 5.41) is 0. The number of fused-ring (bicyclic) bond motifs is 5. The van der Waals surface area contributed by atoms with Crippen molar-refractivity contribution >= 4 is 17.7 Å². The lowest BCUT2D eigenvalue weighted by Crippen LogP contribution is -2.68. The van der Waals surface area contributed by atoms with E-state index in [1.165, 1.54) is 52.4 Å². The SMILES string of the molecule is CC(=O)O[C@H]1CC[C@]2(C)[C@@H]3CC[C@@]4(C)[C@H](CC[C@H]4[C@H](C)CCCC(C)C)[C@H]3CC(=O)[C@@]2(OC(C)=O)C1. The molecule has 0 unspecified atom stereocenters. The molecular weight excluding hydrogens is 452 g/mol. The summed E-state index contributed by atoms with van der Waals surface area (Å²) in [6.07, 6.45) is 10.6. The monoisotopic (exact) mass is 502 g/mol. The topological polar surface area (TPSA) is 69.7 Å². The standard InChI is InChI=1S/C31H50O5/c1-19(2)9-8-10-20(3)25-11-12-26-24-17-28(34)31(36-22(5)33)18-23(35-21(4)32)13-16-30(31,7)27(24)14-15-29(25,26)6/h19-20,23-27H,8-18H2,1-7H3/t20-,23+,24-,25+,26-,27-,29-,30-,31+/m1/s1. The van der Waals surface area contributed by atoms with Crippen LogP contribution in [0.4, 0.5) is 0 Å². The molecule has 5 heteroatoms. The minimum Gasteiger partial charge on any atom is -0.462 e. The summed E-state index contributed by atoms with van der Waals surface area (Å²) in [6.45, 7) is 14.7. The number of ether oxygens (including phenoxy) is 2. The van der Waals surface area contributed by atoms with Gasteiger partial charge in [0, 0.05) is 32.1 Å². The van der Waals surface area contributed by atoms with Crippen molar-refractivity contribution in [1.29, 1.82) is 0 Å². The minimum atomic E-state index is -1.17. The van der Waals surface area contributed by atoms with E-state index in [4.69, 9.17) is 9.47 Å². The largest absolute Gasteiger partial charge is 0.462 e. The van der Waals surface area contributed by atoms with Gasteiger partial charge in [-0.25, -0.2) is 0 Å². The van der Waals surface area contributed by atoms with E-state index < -0.39 is 17.0 Å². The highest BCUT2D eigenvalue weighted by atomic mass is 16.6. The van der Waals surface area contributed by atoms with Gasteiger partial charge in [-0.2, -0.15) is 0 Å². The maximum Gasteiger partial charge on any atom is 0.303 e. The highest BCUT2D eigenvalue weighted by Crippen LogP contribution is 2.69. The second-order valence-electron chi connectivity index (χ2n) is 13.8. The molecule has 4 fully saturated rings. The Hall–Kier alpha value is -1.39. The predicted octanol–water partition coefficient (Wildman–Crippen LogP) is 6.90. The van der Waals surface area contributed by atoms with E-state index in [2.05, 4.69) is 34.6 Å². The molecule has 0 aromatic heterocycles. The molecule has 4 aliphatic rings. The third kappa shape index (κ3) is 4.55. The molecule has 0 heterocycles.